The SMILES string of the molecule is CCN(C[C@@]12CC[C@@H](c3cc(-c4c(F)cccc4F)nnc31)C2(C)C)C(=O)c1ccc(-c2ncn[nH]2)cc1. The number of hydrogen-bond acceptors (Lipinski definition) is 5. The second kappa shape index (κ2) is 8.79. The Morgan fingerprint density at radius 2 is 1.84 bits per heavy atom. The Morgan fingerprint density at radius 1 is 1.11 bits per heavy atom. The number of nitrogens with zero attached hydrogens (tertiary/aromatic N) is 5. The van der Waals surface area contributed by atoms with E-state index >= 15 is 0 Å². The Hall–Kier alpha value is -4.01. The summed E-state index contributed by atoms with van der Waals surface area (Å²) in [5.74, 6) is -0.569. The van der Waals surface area contributed by atoms with E-state index in [0.29, 0.717) is 24.5 Å². The number of rotatable bonds is 6. The van der Waals surface area contributed by atoms with Crippen LogP contribution < -0.4 is 0 Å². The van der Waals surface area contributed by atoms with Crippen LogP contribution in [0.25, 0.3) is 22.6 Å². The van der Waals surface area contributed by atoms with Gasteiger partial charge in [0.25, 0.3) is 5.91 Å². The number of hydrogen-bond donors (Lipinski definition) is 1. The summed E-state index contributed by atoms with van der Waals surface area (Å²) in [5.41, 5.74) is 2.69. The van der Waals surface area contributed by atoms with E-state index in [2.05, 4.69) is 39.2 Å². The van der Waals surface area contributed by atoms with Crippen LogP contribution in [0.1, 0.15) is 61.1 Å². The summed E-state index contributed by atoms with van der Waals surface area (Å²) in [6, 6.07) is 12.9. The maximum atomic E-state index is 14.5. The van der Waals surface area contributed by atoms with Crippen molar-refractivity contribution >= 4 is 5.91 Å². The fourth-order valence-electron chi connectivity index (χ4n) is 6.59. The number of fused-ring (bicyclic) bond motifs is 5. The summed E-state index contributed by atoms with van der Waals surface area (Å²) in [6.07, 6.45) is 3.23. The van der Waals surface area contributed by atoms with E-state index in [1.165, 1.54) is 24.5 Å². The van der Waals surface area contributed by atoms with Crippen molar-refractivity contribution < 1.29 is 13.6 Å². The van der Waals surface area contributed by atoms with Crippen molar-refractivity contribution in [2.45, 2.75) is 44.9 Å². The average Bonchev–Trinajstić information content (AvgIpc) is 3.58. The standard InChI is InChI=1S/C29H28F2N6O/c1-4-37(27(38)18-10-8-17(9-11-18)26-32-16-33-36-26)15-29-13-12-20(28(29,2)3)19-14-23(34-35-25(19)29)24-21(30)6-5-7-22(24)31/h5-11,14,16,20H,4,12-13,15H2,1-3H3,(H,32,33,36)/t20-,29-/m0/s1. The van der Waals surface area contributed by atoms with Crippen LogP contribution in [0.3, 0.4) is 0 Å². The van der Waals surface area contributed by atoms with Crippen molar-refractivity contribution in [3.8, 4) is 22.6 Å². The Morgan fingerprint density at radius 3 is 2.50 bits per heavy atom. The molecule has 1 N–H and O–H groups in total. The van der Waals surface area contributed by atoms with Gasteiger partial charge in [0.1, 0.15) is 18.0 Å². The normalized spacial score (nSPS) is 20.9. The van der Waals surface area contributed by atoms with Gasteiger partial charge in [-0.1, -0.05) is 32.0 Å². The zero-order valence-electron chi connectivity index (χ0n) is 21.5. The molecule has 1 fully saturated rings. The number of amides is 1. The fraction of sp³-hybridized carbons (Fsp3) is 0.345. The third kappa shape index (κ3) is 3.48. The molecule has 4 aromatic rings. The molecule has 2 heterocycles. The lowest BCUT2D eigenvalue weighted by Gasteiger charge is -2.41. The first-order chi connectivity index (χ1) is 18.3. The molecule has 2 atom stereocenters. The molecule has 0 saturated heterocycles. The summed E-state index contributed by atoms with van der Waals surface area (Å²) >= 11 is 0. The van der Waals surface area contributed by atoms with E-state index in [1.54, 1.807) is 18.2 Å². The molecule has 2 bridgehead atoms. The van der Waals surface area contributed by atoms with Crippen LogP contribution in [-0.2, 0) is 5.41 Å². The Balaban J connectivity index is 1.33. The summed E-state index contributed by atoms with van der Waals surface area (Å²) in [7, 11) is 0. The van der Waals surface area contributed by atoms with E-state index in [9.17, 15) is 13.6 Å². The predicted octanol–water partition coefficient (Wildman–Crippen LogP) is 5.52. The molecule has 9 heteroatoms. The monoisotopic (exact) mass is 514 g/mol. The lowest BCUT2D eigenvalue weighted by molar-refractivity contribution is 0.0652. The Kier molecular flexibility index (Phi) is 5.63. The smallest absolute Gasteiger partial charge is 0.253 e. The van der Waals surface area contributed by atoms with Crippen LogP contribution in [0.2, 0.25) is 0 Å². The summed E-state index contributed by atoms with van der Waals surface area (Å²) in [4.78, 5) is 19.7. The van der Waals surface area contributed by atoms with Gasteiger partial charge in [-0.05, 0) is 67.0 Å². The van der Waals surface area contributed by atoms with Gasteiger partial charge in [-0.15, -0.1) is 0 Å². The molecule has 2 aromatic carbocycles. The minimum absolute atomic E-state index is 0.0586. The maximum absolute atomic E-state index is 14.5. The quantitative estimate of drug-likeness (QED) is 0.366. The van der Waals surface area contributed by atoms with Crippen molar-refractivity contribution in [3.05, 3.63) is 83.3 Å². The van der Waals surface area contributed by atoms with Gasteiger partial charge in [0.2, 0.25) is 0 Å². The zero-order valence-corrected chi connectivity index (χ0v) is 21.5. The molecule has 1 amide bonds. The van der Waals surface area contributed by atoms with Crippen LogP contribution in [-0.4, -0.2) is 49.3 Å². The third-order valence-electron chi connectivity index (χ3n) is 8.79. The first-order valence-corrected chi connectivity index (χ1v) is 12.8. The number of H-pyrrole nitrogens is 1. The first kappa shape index (κ1) is 24.3. The maximum Gasteiger partial charge on any atom is 0.253 e. The lowest BCUT2D eigenvalue weighted by atomic mass is 9.68. The number of aromatic nitrogens is 5. The van der Waals surface area contributed by atoms with Gasteiger partial charge in [0.15, 0.2) is 5.82 Å². The van der Waals surface area contributed by atoms with Crippen LogP contribution in [0.15, 0.2) is 54.9 Å². The van der Waals surface area contributed by atoms with Crippen molar-refractivity contribution in [2.75, 3.05) is 13.1 Å². The topological polar surface area (TPSA) is 87.7 Å². The van der Waals surface area contributed by atoms with E-state index in [-0.39, 0.29) is 28.5 Å². The second-order valence-electron chi connectivity index (χ2n) is 10.8. The highest BCUT2D eigenvalue weighted by Gasteiger charge is 2.64. The molecule has 1 saturated carbocycles. The average molecular weight is 515 g/mol. The van der Waals surface area contributed by atoms with Crippen LogP contribution in [0.5, 0.6) is 0 Å². The van der Waals surface area contributed by atoms with Gasteiger partial charge in [-0.2, -0.15) is 15.3 Å². The van der Waals surface area contributed by atoms with Crippen molar-refractivity contribution in [2.24, 2.45) is 5.41 Å². The number of nitrogens with one attached hydrogen (secondary N) is 1. The number of aromatic amines is 1. The molecule has 2 aliphatic rings. The van der Waals surface area contributed by atoms with Crippen molar-refractivity contribution in [3.63, 3.8) is 0 Å². The minimum atomic E-state index is -0.659. The van der Waals surface area contributed by atoms with E-state index in [1.807, 2.05) is 24.0 Å². The van der Waals surface area contributed by atoms with Gasteiger partial charge < -0.3 is 4.90 Å². The van der Waals surface area contributed by atoms with E-state index < -0.39 is 17.0 Å². The Labute approximate surface area is 219 Å². The van der Waals surface area contributed by atoms with Gasteiger partial charge in [-0.25, -0.2) is 13.8 Å². The number of halogens is 2. The molecule has 2 aliphatic carbocycles. The molecule has 194 valence electrons. The number of carbonyl (C=O) groups is 1. The highest BCUT2D eigenvalue weighted by molar-refractivity contribution is 5.94. The van der Waals surface area contributed by atoms with Gasteiger partial charge in [0.05, 0.1) is 17.0 Å². The number of likely N-dealkylation sites (N-methyl/N-ethyl adjacent to an activating group) is 1. The van der Waals surface area contributed by atoms with Gasteiger partial charge in [0, 0.05) is 29.6 Å². The molecule has 6 rings (SSSR count). The molecule has 7 nitrogen and oxygen atoms in total. The molecular weight excluding hydrogens is 486 g/mol. The number of benzene rings is 2. The predicted molar refractivity (Wildman–Crippen MR) is 138 cm³/mol. The molecule has 0 aliphatic heterocycles. The second-order valence-corrected chi connectivity index (χ2v) is 10.8. The van der Waals surface area contributed by atoms with Crippen molar-refractivity contribution in [1.29, 1.82) is 0 Å². The zero-order chi connectivity index (χ0) is 26.7. The highest BCUT2D eigenvalue weighted by Crippen LogP contribution is 2.67. The van der Waals surface area contributed by atoms with Crippen molar-refractivity contribution in [1.82, 2.24) is 30.3 Å². The lowest BCUT2D eigenvalue weighted by Crippen LogP contribution is -2.48. The molecular formula is C29H28F2N6O. The van der Waals surface area contributed by atoms with E-state index in [4.69, 9.17) is 0 Å². The summed E-state index contributed by atoms with van der Waals surface area (Å²) < 4.78 is 29.0. The molecule has 0 radical (unpaired) electrons. The minimum Gasteiger partial charge on any atom is -0.338 e. The molecule has 2 aromatic heterocycles. The summed E-state index contributed by atoms with van der Waals surface area (Å²) in [6.45, 7) is 7.42. The van der Waals surface area contributed by atoms with Gasteiger partial charge >= 0.3 is 0 Å². The Bertz CT molecular complexity index is 1500. The number of carbonyl (C=O) groups excluding carboxylic acids is 1. The molecule has 38 heavy (non-hydrogen) atoms. The van der Waals surface area contributed by atoms with Crippen LogP contribution in [0, 0.1) is 17.0 Å². The van der Waals surface area contributed by atoms with Crippen LogP contribution >= 0.6 is 0 Å². The highest BCUT2D eigenvalue weighted by atomic mass is 19.1. The van der Waals surface area contributed by atoms with Crippen LogP contribution in [0.4, 0.5) is 8.78 Å². The largest absolute Gasteiger partial charge is 0.338 e. The fourth-order valence-corrected chi connectivity index (χ4v) is 6.59. The third-order valence-corrected chi connectivity index (χ3v) is 8.79. The molecule has 0 unspecified atom stereocenters. The first-order valence-electron chi connectivity index (χ1n) is 12.8. The molecule has 0 spiro atoms. The van der Waals surface area contributed by atoms with E-state index in [0.717, 1.165) is 29.7 Å². The van der Waals surface area contributed by atoms with Gasteiger partial charge in [-0.3, -0.25) is 9.89 Å². The summed E-state index contributed by atoms with van der Waals surface area (Å²) in [5, 5.41) is 15.6.